The molecule has 10 heteroatoms. The number of amides is 3. The number of nitrogens with zero attached hydrogens (tertiary/aromatic N) is 4. The number of piperazine rings is 1. The van der Waals surface area contributed by atoms with Gasteiger partial charge in [0.2, 0.25) is 5.91 Å². The van der Waals surface area contributed by atoms with Crippen molar-refractivity contribution in [1.29, 1.82) is 0 Å². The molecule has 0 saturated carbocycles. The molecule has 0 radical (unpaired) electrons. The van der Waals surface area contributed by atoms with Crippen molar-refractivity contribution in [3.8, 4) is 11.5 Å². The summed E-state index contributed by atoms with van der Waals surface area (Å²) in [6.07, 6.45) is 3.08. The minimum absolute atomic E-state index is 0.0385. The Morgan fingerprint density at radius 1 is 0.943 bits per heavy atom. The van der Waals surface area contributed by atoms with E-state index in [1.165, 1.54) is 18.0 Å². The van der Waals surface area contributed by atoms with Gasteiger partial charge in [0.25, 0.3) is 11.8 Å². The number of carbonyl (C=O) groups is 3. The molecule has 1 saturated heterocycles. The van der Waals surface area contributed by atoms with Gasteiger partial charge in [-0.1, -0.05) is 30.3 Å². The second-order valence-corrected chi connectivity index (χ2v) is 7.95. The summed E-state index contributed by atoms with van der Waals surface area (Å²) in [6, 6.07) is 16.2. The minimum Gasteiger partial charge on any atom is -0.496 e. The lowest BCUT2D eigenvalue weighted by atomic mass is 10.1. The number of rotatable bonds is 8. The van der Waals surface area contributed by atoms with E-state index >= 15 is 0 Å². The van der Waals surface area contributed by atoms with E-state index in [9.17, 15) is 14.4 Å². The van der Waals surface area contributed by atoms with E-state index in [1.807, 2.05) is 24.3 Å². The van der Waals surface area contributed by atoms with Gasteiger partial charge in [0, 0.05) is 32.4 Å². The van der Waals surface area contributed by atoms with Crippen molar-refractivity contribution < 1.29 is 23.9 Å². The molecule has 1 fully saturated rings. The molecule has 0 atom stereocenters. The fourth-order valence-corrected chi connectivity index (χ4v) is 3.77. The first-order chi connectivity index (χ1) is 17.0. The molecule has 3 aromatic rings. The summed E-state index contributed by atoms with van der Waals surface area (Å²) < 4.78 is 12.2. The summed E-state index contributed by atoms with van der Waals surface area (Å²) >= 11 is 0. The Bertz CT molecular complexity index is 1170. The van der Waals surface area contributed by atoms with E-state index in [4.69, 9.17) is 9.47 Å². The third kappa shape index (κ3) is 6.17. The van der Waals surface area contributed by atoms with Gasteiger partial charge in [-0.15, -0.1) is 0 Å². The molecule has 2 heterocycles. The zero-order valence-corrected chi connectivity index (χ0v) is 19.4. The zero-order valence-electron chi connectivity index (χ0n) is 19.4. The first kappa shape index (κ1) is 23.8. The van der Waals surface area contributed by atoms with Gasteiger partial charge in [0.1, 0.15) is 18.0 Å². The van der Waals surface area contributed by atoms with Crippen LogP contribution in [0.3, 0.4) is 0 Å². The Balaban J connectivity index is 1.23. The van der Waals surface area contributed by atoms with Crippen molar-refractivity contribution in [2.24, 2.45) is 0 Å². The average molecular weight is 478 g/mol. The number of anilines is 1. The minimum atomic E-state index is -0.324. The molecule has 1 aliphatic rings. The molecular weight excluding hydrogens is 450 g/mol. The van der Waals surface area contributed by atoms with Crippen LogP contribution in [0, 0.1) is 0 Å². The molecule has 0 aliphatic carbocycles. The zero-order chi connectivity index (χ0) is 24.6. The number of para-hydroxylation sites is 2. The van der Waals surface area contributed by atoms with Crippen LogP contribution in [0.25, 0.3) is 0 Å². The average Bonchev–Trinajstić information content (AvgIpc) is 3.34. The highest BCUT2D eigenvalue weighted by Gasteiger charge is 2.26. The monoisotopic (exact) mass is 477 g/mol. The van der Waals surface area contributed by atoms with Crippen LogP contribution in [0.5, 0.6) is 11.5 Å². The number of carbonyl (C=O) groups excluding carboxylic acids is 3. The number of benzene rings is 2. The SMILES string of the molecule is COc1ccccc1C(=O)N1CCN(C(=O)Cn2cc(NC(=O)COc3ccccc3)cn2)CC1. The highest BCUT2D eigenvalue weighted by molar-refractivity contribution is 5.97. The molecule has 0 spiro atoms. The molecule has 3 amide bonds. The van der Waals surface area contributed by atoms with E-state index in [0.29, 0.717) is 48.9 Å². The lowest BCUT2D eigenvalue weighted by molar-refractivity contribution is -0.133. The van der Waals surface area contributed by atoms with Crippen LogP contribution in [0.4, 0.5) is 5.69 Å². The lowest BCUT2D eigenvalue weighted by Gasteiger charge is -2.35. The first-order valence-electron chi connectivity index (χ1n) is 11.2. The van der Waals surface area contributed by atoms with Gasteiger partial charge in [0.05, 0.1) is 24.6 Å². The predicted molar refractivity (Wildman–Crippen MR) is 128 cm³/mol. The molecule has 35 heavy (non-hydrogen) atoms. The highest BCUT2D eigenvalue weighted by atomic mass is 16.5. The van der Waals surface area contributed by atoms with Gasteiger partial charge < -0.3 is 24.6 Å². The molecule has 1 N–H and O–H groups in total. The fraction of sp³-hybridized carbons (Fsp3) is 0.280. The quantitative estimate of drug-likeness (QED) is 0.531. The Morgan fingerprint density at radius 3 is 2.37 bits per heavy atom. The number of ether oxygens (including phenoxy) is 2. The lowest BCUT2D eigenvalue weighted by Crippen LogP contribution is -2.51. The Labute approximate surface area is 203 Å². The standard InChI is InChI=1S/C25H27N5O5/c1-34-22-10-6-5-9-21(22)25(33)29-13-11-28(12-14-29)24(32)17-30-16-19(15-26-30)27-23(31)18-35-20-7-3-2-4-8-20/h2-10,15-16H,11-14,17-18H2,1H3,(H,27,31). The van der Waals surface area contributed by atoms with Crippen LogP contribution in [-0.2, 0) is 16.1 Å². The van der Waals surface area contributed by atoms with Crippen molar-refractivity contribution in [2.45, 2.75) is 6.54 Å². The van der Waals surface area contributed by atoms with Crippen LogP contribution in [0.15, 0.2) is 67.0 Å². The van der Waals surface area contributed by atoms with Crippen LogP contribution in [0.1, 0.15) is 10.4 Å². The highest BCUT2D eigenvalue weighted by Crippen LogP contribution is 2.20. The van der Waals surface area contributed by atoms with Crippen LogP contribution < -0.4 is 14.8 Å². The van der Waals surface area contributed by atoms with Crippen molar-refractivity contribution in [3.63, 3.8) is 0 Å². The smallest absolute Gasteiger partial charge is 0.262 e. The number of hydrogen-bond acceptors (Lipinski definition) is 6. The van der Waals surface area contributed by atoms with E-state index in [-0.39, 0.29) is 30.9 Å². The van der Waals surface area contributed by atoms with E-state index in [0.717, 1.165) is 0 Å². The summed E-state index contributed by atoms with van der Waals surface area (Å²) in [5.74, 6) is 0.592. The number of hydrogen-bond donors (Lipinski definition) is 1. The first-order valence-corrected chi connectivity index (χ1v) is 11.2. The normalized spacial score (nSPS) is 13.3. The molecule has 4 rings (SSSR count). The molecule has 0 unspecified atom stereocenters. The molecule has 10 nitrogen and oxygen atoms in total. The summed E-state index contributed by atoms with van der Waals surface area (Å²) in [4.78, 5) is 41.1. The van der Waals surface area contributed by atoms with Gasteiger partial charge in [-0.3, -0.25) is 19.1 Å². The van der Waals surface area contributed by atoms with Crippen molar-refractivity contribution in [2.75, 3.05) is 45.2 Å². The molecule has 1 aromatic heterocycles. The van der Waals surface area contributed by atoms with Gasteiger partial charge in [-0.2, -0.15) is 5.10 Å². The Morgan fingerprint density at radius 2 is 1.63 bits per heavy atom. The summed E-state index contributed by atoms with van der Waals surface area (Å²) in [5, 5.41) is 6.86. The van der Waals surface area contributed by atoms with E-state index < -0.39 is 0 Å². The largest absolute Gasteiger partial charge is 0.496 e. The molecule has 182 valence electrons. The van der Waals surface area contributed by atoms with Crippen LogP contribution >= 0.6 is 0 Å². The maximum atomic E-state index is 12.8. The van der Waals surface area contributed by atoms with E-state index in [1.54, 1.807) is 46.3 Å². The topological polar surface area (TPSA) is 106 Å². The summed E-state index contributed by atoms with van der Waals surface area (Å²) in [7, 11) is 1.54. The van der Waals surface area contributed by atoms with Crippen LogP contribution in [0.2, 0.25) is 0 Å². The Hall–Kier alpha value is -4.34. The van der Waals surface area contributed by atoms with Gasteiger partial charge in [-0.25, -0.2) is 0 Å². The fourth-order valence-electron chi connectivity index (χ4n) is 3.77. The molecule has 2 aromatic carbocycles. The second-order valence-electron chi connectivity index (χ2n) is 7.95. The van der Waals surface area contributed by atoms with E-state index in [2.05, 4.69) is 10.4 Å². The number of nitrogens with one attached hydrogen (secondary N) is 1. The molecular formula is C25H27N5O5. The maximum Gasteiger partial charge on any atom is 0.262 e. The third-order valence-corrected chi connectivity index (χ3v) is 5.58. The van der Waals surface area contributed by atoms with Gasteiger partial charge in [0.15, 0.2) is 6.61 Å². The predicted octanol–water partition coefficient (Wildman–Crippen LogP) is 1.89. The maximum absolute atomic E-state index is 12.8. The molecule has 0 bridgehead atoms. The Kier molecular flexibility index (Phi) is 7.61. The third-order valence-electron chi connectivity index (χ3n) is 5.58. The summed E-state index contributed by atoms with van der Waals surface area (Å²) in [6.45, 7) is 1.64. The van der Waals surface area contributed by atoms with Crippen molar-refractivity contribution in [1.82, 2.24) is 19.6 Å². The number of aromatic nitrogens is 2. The van der Waals surface area contributed by atoms with Gasteiger partial charge in [-0.05, 0) is 24.3 Å². The van der Waals surface area contributed by atoms with Crippen molar-refractivity contribution in [3.05, 3.63) is 72.6 Å². The van der Waals surface area contributed by atoms with Crippen LogP contribution in [-0.4, -0.2) is 77.2 Å². The molecule has 1 aliphatic heterocycles. The van der Waals surface area contributed by atoms with Crippen molar-refractivity contribution >= 4 is 23.4 Å². The summed E-state index contributed by atoms with van der Waals surface area (Å²) in [5.41, 5.74) is 0.988. The van der Waals surface area contributed by atoms with Gasteiger partial charge >= 0.3 is 0 Å². The number of methoxy groups -OCH3 is 1. The second kappa shape index (κ2) is 11.2.